The van der Waals surface area contributed by atoms with Crippen molar-refractivity contribution < 1.29 is 9.47 Å². The summed E-state index contributed by atoms with van der Waals surface area (Å²) < 4.78 is 10.6. The summed E-state index contributed by atoms with van der Waals surface area (Å²) in [4.78, 5) is 8.49. The smallest absolute Gasteiger partial charge is 0.125 e. The molecule has 6 nitrogen and oxygen atoms in total. The van der Waals surface area contributed by atoms with E-state index in [9.17, 15) is 0 Å². The molecule has 0 aliphatic rings. The van der Waals surface area contributed by atoms with E-state index < -0.39 is 0 Å². The summed E-state index contributed by atoms with van der Waals surface area (Å²) in [5, 5.41) is 0. The van der Waals surface area contributed by atoms with Crippen LogP contribution in [0.2, 0.25) is 0 Å². The van der Waals surface area contributed by atoms with Gasteiger partial charge < -0.3 is 9.47 Å². The molecule has 2 aromatic rings. The maximum atomic E-state index is 5.70. The molecule has 1 heterocycles. The van der Waals surface area contributed by atoms with Crippen molar-refractivity contribution in [3.05, 3.63) is 47.5 Å². The van der Waals surface area contributed by atoms with Gasteiger partial charge in [-0.3, -0.25) is 5.84 Å². The number of nitrogens with zero attached hydrogens (tertiary/aromatic N) is 2. The normalized spacial score (nSPS) is 12.0. The topological polar surface area (TPSA) is 82.3 Å². The van der Waals surface area contributed by atoms with Crippen LogP contribution in [0.25, 0.3) is 0 Å². The van der Waals surface area contributed by atoms with Gasteiger partial charge in [0, 0.05) is 11.8 Å². The standard InChI is InChI=1S/C14H18N4O2/c1-9-16-7-6-12(17-9)14(18-15)11-8-10(19-2)4-5-13(11)20-3/h4-8,14,18H,15H2,1-3H3. The lowest BCUT2D eigenvalue weighted by Gasteiger charge is -2.19. The summed E-state index contributed by atoms with van der Waals surface area (Å²) in [6.07, 6.45) is 1.70. The van der Waals surface area contributed by atoms with Crippen LogP contribution in [0.5, 0.6) is 11.5 Å². The van der Waals surface area contributed by atoms with Crippen molar-refractivity contribution in [1.29, 1.82) is 0 Å². The minimum absolute atomic E-state index is 0.304. The van der Waals surface area contributed by atoms with Gasteiger partial charge in [0.05, 0.1) is 26.0 Å². The minimum atomic E-state index is -0.304. The second-order valence-corrected chi connectivity index (χ2v) is 4.24. The second-order valence-electron chi connectivity index (χ2n) is 4.24. The molecule has 0 radical (unpaired) electrons. The zero-order valence-corrected chi connectivity index (χ0v) is 11.8. The molecule has 106 valence electrons. The number of benzene rings is 1. The van der Waals surface area contributed by atoms with Crippen LogP contribution in [0.3, 0.4) is 0 Å². The van der Waals surface area contributed by atoms with Crippen LogP contribution in [0, 0.1) is 6.92 Å². The van der Waals surface area contributed by atoms with Crippen molar-refractivity contribution in [2.75, 3.05) is 14.2 Å². The summed E-state index contributed by atoms with van der Waals surface area (Å²) in [6.45, 7) is 1.83. The van der Waals surface area contributed by atoms with Gasteiger partial charge >= 0.3 is 0 Å². The SMILES string of the molecule is COc1ccc(OC)c(C(NN)c2ccnc(C)n2)c1. The number of hydrazine groups is 1. The molecule has 0 aliphatic carbocycles. The second kappa shape index (κ2) is 6.31. The highest BCUT2D eigenvalue weighted by atomic mass is 16.5. The number of aryl methyl sites for hydroxylation is 1. The van der Waals surface area contributed by atoms with Crippen LogP contribution >= 0.6 is 0 Å². The molecule has 1 aromatic heterocycles. The first kappa shape index (κ1) is 14.2. The zero-order valence-electron chi connectivity index (χ0n) is 11.8. The van der Waals surface area contributed by atoms with E-state index >= 15 is 0 Å². The molecule has 0 saturated heterocycles. The van der Waals surface area contributed by atoms with Crippen molar-refractivity contribution in [2.45, 2.75) is 13.0 Å². The summed E-state index contributed by atoms with van der Waals surface area (Å²) in [7, 11) is 3.23. The lowest BCUT2D eigenvalue weighted by atomic mass is 10.0. The van der Waals surface area contributed by atoms with Gasteiger partial charge in [-0.25, -0.2) is 15.4 Å². The van der Waals surface area contributed by atoms with Crippen LogP contribution in [0.4, 0.5) is 0 Å². The molecule has 0 aliphatic heterocycles. The maximum Gasteiger partial charge on any atom is 0.125 e. The third kappa shape index (κ3) is 2.87. The Labute approximate surface area is 117 Å². The minimum Gasteiger partial charge on any atom is -0.497 e. The van der Waals surface area contributed by atoms with Crippen LogP contribution in [0.1, 0.15) is 23.1 Å². The highest BCUT2D eigenvalue weighted by Gasteiger charge is 2.19. The Morgan fingerprint density at radius 1 is 1.20 bits per heavy atom. The fourth-order valence-corrected chi connectivity index (χ4v) is 2.03. The van der Waals surface area contributed by atoms with Crippen LogP contribution < -0.4 is 20.7 Å². The quantitative estimate of drug-likeness (QED) is 0.632. The third-order valence-corrected chi connectivity index (χ3v) is 3.01. The first-order valence-corrected chi connectivity index (χ1v) is 6.17. The lowest BCUT2D eigenvalue weighted by Crippen LogP contribution is -2.30. The highest BCUT2D eigenvalue weighted by molar-refractivity contribution is 5.44. The predicted molar refractivity (Wildman–Crippen MR) is 75.5 cm³/mol. The first-order valence-electron chi connectivity index (χ1n) is 6.17. The van der Waals surface area contributed by atoms with Gasteiger partial charge in [-0.05, 0) is 31.2 Å². The van der Waals surface area contributed by atoms with Gasteiger partial charge in [0.2, 0.25) is 0 Å². The number of hydrogen-bond acceptors (Lipinski definition) is 6. The largest absolute Gasteiger partial charge is 0.497 e. The van der Waals surface area contributed by atoms with E-state index in [0.717, 1.165) is 17.0 Å². The molecule has 0 saturated carbocycles. The number of nitrogens with one attached hydrogen (secondary N) is 1. The number of hydrogen-bond donors (Lipinski definition) is 2. The van der Waals surface area contributed by atoms with Crippen LogP contribution in [-0.4, -0.2) is 24.2 Å². The number of nitrogens with two attached hydrogens (primary N) is 1. The fraction of sp³-hybridized carbons (Fsp3) is 0.286. The predicted octanol–water partition coefficient (Wildman–Crippen LogP) is 1.35. The summed E-state index contributed by atoms with van der Waals surface area (Å²) in [6, 6.07) is 7.06. The van der Waals surface area contributed by atoms with Gasteiger partial charge in [-0.1, -0.05) is 0 Å². The molecule has 2 rings (SSSR count). The van der Waals surface area contributed by atoms with Crippen LogP contribution in [0.15, 0.2) is 30.5 Å². The molecule has 0 fully saturated rings. The molecule has 6 heteroatoms. The molecule has 0 bridgehead atoms. The molecule has 0 spiro atoms. The number of ether oxygens (including phenoxy) is 2. The van der Waals surface area contributed by atoms with E-state index in [4.69, 9.17) is 15.3 Å². The Morgan fingerprint density at radius 3 is 2.60 bits per heavy atom. The number of aromatic nitrogens is 2. The molecule has 1 aromatic carbocycles. The summed E-state index contributed by atoms with van der Waals surface area (Å²) in [5.41, 5.74) is 4.39. The van der Waals surface area contributed by atoms with Crippen molar-refractivity contribution in [3.8, 4) is 11.5 Å². The number of methoxy groups -OCH3 is 2. The molecule has 0 amide bonds. The molecular weight excluding hydrogens is 256 g/mol. The summed E-state index contributed by atoms with van der Waals surface area (Å²) >= 11 is 0. The monoisotopic (exact) mass is 274 g/mol. The zero-order chi connectivity index (χ0) is 14.5. The first-order chi connectivity index (χ1) is 9.69. The van der Waals surface area contributed by atoms with Crippen molar-refractivity contribution in [3.63, 3.8) is 0 Å². The Bertz CT molecular complexity index is 589. The van der Waals surface area contributed by atoms with E-state index in [0.29, 0.717) is 11.6 Å². The lowest BCUT2D eigenvalue weighted by molar-refractivity contribution is 0.393. The van der Waals surface area contributed by atoms with Gasteiger partial charge in [0.15, 0.2) is 0 Å². The van der Waals surface area contributed by atoms with E-state index in [1.54, 1.807) is 20.4 Å². The van der Waals surface area contributed by atoms with E-state index in [1.165, 1.54) is 0 Å². The van der Waals surface area contributed by atoms with Gasteiger partial charge in [0.1, 0.15) is 17.3 Å². The van der Waals surface area contributed by atoms with Crippen LogP contribution in [-0.2, 0) is 0 Å². The number of rotatable bonds is 5. The van der Waals surface area contributed by atoms with Crippen molar-refractivity contribution in [2.24, 2.45) is 5.84 Å². The van der Waals surface area contributed by atoms with E-state index in [1.807, 2.05) is 31.2 Å². The Morgan fingerprint density at radius 2 is 2.00 bits per heavy atom. The Balaban J connectivity index is 2.50. The fourth-order valence-electron chi connectivity index (χ4n) is 2.03. The highest BCUT2D eigenvalue weighted by Crippen LogP contribution is 2.31. The average molecular weight is 274 g/mol. The van der Waals surface area contributed by atoms with Crippen molar-refractivity contribution >= 4 is 0 Å². The molecule has 3 N–H and O–H groups in total. The Hall–Kier alpha value is -2.18. The third-order valence-electron chi connectivity index (χ3n) is 3.01. The average Bonchev–Trinajstić information content (AvgIpc) is 2.48. The van der Waals surface area contributed by atoms with E-state index in [-0.39, 0.29) is 6.04 Å². The maximum absolute atomic E-state index is 5.70. The molecule has 20 heavy (non-hydrogen) atoms. The van der Waals surface area contributed by atoms with Crippen molar-refractivity contribution in [1.82, 2.24) is 15.4 Å². The van der Waals surface area contributed by atoms with E-state index in [2.05, 4.69) is 15.4 Å². The summed E-state index contributed by atoms with van der Waals surface area (Å²) in [5.74, 6) is 7.82. The molecule has 1 atom stereocenters. The molecule has 1 unspecified atom stereocenters. The Kier molecular flexibility index (Phi) is 4.49. The van der Waals surface area contributed by atoms with Gasteiger partial charge in [-0.2, -0.15) is 0 Å². The van der Waals surface area contributed by atoms with Gasteiger partial charge in [0.25, 0.3) is 0 Å². The van der Waals surface area contributed by atoms with Gasteiger partial charge in [-0.15, -0.1) is 0 Å². The molecular formula is C14H18N4O2.